The van der Waals surface area contributed by atoms with Crippen molar-refractivity contribution in [1.29, 1.82) is 0 Å². The predicted octanol–water partition coefficient (Wildman–Crippen LogP) is -1.38. The summed E-state index contributed by atoms with van der Waals surface area (Å²) in [5.74, 6) is -7.00. The predicted molar refractivity (Wildman–Crippen MR) is 285 cm³/mol. The summed E-state index contributed by atoms with van der Waals surface area (Å²) in [5.41, 5.74) is 24.5. The summed E-state index contributed by atoms with van der Waals surface area (Å²) in [6.07, 6.45) is 4.02. The number of rotatable bonds is 26. The van der Waals surface area contributed by atoms with Crippen molar-refractivity contribution in [1.82, 2.24) is 47.9 Å². The minimum absolute atomic E-state index is 0.0427. The van der Waals surface area contributed by atoms with Crippen LogP contribution in [0.5, 0.6) is 0 Å². The number of aryl methyl sites for hydroxylation is 1. The average molecular weight is 1060 g/mol. The quantitative estimate of drug-likeness (QED) is 0.0476. The molecule has 18 N–H and O–H groups in total. The van der Waals surface area contributed by atoms with Crippen molar-refractivity contribution >= 4 is 53.2 Å². The average Bonchev–Trinajstić information content (AvgIpc) is 3.35. The highest BCUT2D eigenvalue weighted by molar-refractivity contribution is 5.98. The summed E-state index contributed by atoms with van der Waals surface area (Å²) in [6.45, 7) is 8.93. The Hall–Kier alpha value is -5.75. The van der Waals surface area contributed by atoms with Crippen LogP contribution >= 0.6 is 0 Å². The van der Waals surface area contributed by atoms with Gasteiger partial charge in [0, 0.05) is 6.54 Å². The Morgan fingerprint density at radius 3 is 1.52 bits per heavy atom. The van der Waals surface area contributed by atoms with E-state index in [1.54, 1.807) is 0 Å². The van der Waals surface area contributed by atoms with Gasteiger partial charge in [0.2, 0.25) is 53.2 Å². The van der Waals surface area contributed by atoms with Crippen LogP contribution in [0.3, 0.4) is 0 Å². The van der Waals surface area contributed by atoms with Crippen molar-refractivity contribution in [2.45, 2.75) is 192 Å². The number of amides is 9. The van der Waals surface area contributed by atoms with E-state index in [2.05, 4.69) is 54.8 Å². The number of unbranched alkanes of at least 4 members (excludes halogenated alkanes) is 4. The molecule has 1 heterocycles. The second kappa shape index (κ2) is 36.3. The Balaban J connectivity index is 2.68. The minimum atomic E-state index is -1.46. The highest BCUT2D eigenvalue weighted by Gasteiger charge is 2.35. The van der Waals surface area contributed by atoms with Crippen LogP contribution in [0, 0.1) is 11.8 Å². The third-order valence-electron chi connectivity index (χ3n) is 12.7. The van der Waals surface area contributed by atoms with Crippen molar-refractivity contribution in [3.63, 3.8) is 0 Å². The first-order chi connectivity index (χ1) is 35.8. The molecule has 0 spiro atoms. The Morgan fingerprint density at radius 1 is 0.587 bits per heavy atom. The van der Waals surface area contributed by atoms with Crippen molar-refractivity contribution in [3.8, 4) is 0 Å². The number of aliphatic hydroxyl groups excluding tert-OH is 1. The van der Waals surface area contributed by atoms with E-state index in [4.69, 9.17) is 22.9 Å². The SMILES string of the molecule is CCCCCCC[C@@H](O)CC(=O)N[C@H](CCN)C(=O)N[C@H]1CCNC(=O)[C@H](CC(C)C)NC(=O)[C@H](CCN)NC(=O)[C@H](CCN)NC(=O)[C@H](CC(C)C)NC(=O)[C@@H](CCc2ccccc2)NC(=O)[C@H](CCN)NC1=O. The van der Waals surface area contributed by atoms with Gasteiger partial charge in [-0.05, 0) is 108 Å². The van der Waals surface area contributed by atoms with Gasteiger partial charge in [0.05, 0.1) is 12.5 Å². The molecule has 9 amide bonds. The Bertz CT molecular complexity index is 1940. The van der Waals surface area contributed by atoms with Gasteiger partial charge in [-0.25, -0.2) is 0 Å². The molecule has 1 aromatic rings. The summed E-state index contributed by atoms with van der Waals surface area (Å²) >= 11 is 0. The molecule has 0 bridgehead atoms. The molecule has 1 aromatic carbocycles. The number of carbonyl (C=O) groups excluding carboxylic acids is 9. The van der Waals surface area contributed by atoms with Gasteiger partial charge in [-0.15, -0.1) is 0 Å². The number of aliphatic hydroxyl groups is 1. The van der Waals surface area contributed by atoms with Gasteiger partial charge in [0.25, 0.3) is 0 Å². The first-order valence-electron chi connectivity index (χ1n) is 27.0. The Kier molecular flexibility index (Phi) is 31.6. The van der Waals surface area contributed by atoms with E-state index in [0.29, 0.717) is 12.8 Å². The van der Waals surface area contributed by atoms with Crippen LogP contribution in [-0.4, -0.2) is 145 Å². The van der Waals surface area contributed by atoms with E-state index in [-0.39, 0.29) is 102 Å². The van der Waals surface area contributed by atoms with Gasteiger partial charge in [-0.2, -0.15) is 0 Å². The second-order valence-electron chi connectivity index (χ2n) is 20.3. The molecule has 1 aliphatic heterocycles. The fourth-order valence-electron chi connectivity index (χ4n) is 8.56. The van der Waals surface area contributed by atoms with Crippen LogP contribution < -0.4 is 70.8 Å². The zero-order valence-corrected chi connectivity index (χ0v) is 45.0. The van der Waals surface area contributed by atoms with E-state index in [0.717, 1.165) is 37.7 Å². The van der Waals surface area contributed by atoms with Gasteiger partial charge >= 0.3 is 0 Å². The second-order valence-corrected chi connectivity index (χ2v) is 20.3. The number of nitrogens with one attached hydrogen (secondary N) is 9. The van der Waals surface area contributed by atoms with Gasteiger partial charge in [-0.3, -0.25) is 43.2 Å². The Morgan fingerprint density at radius 2 is 1.04 bits per heavy atom. The fraction of sp³-hybridized carbons (Fsp3) is 0.712. The highest BCUT2D eigenvalue weighted by Crippen LogP contribution is 2.13. The number of hydrogen-bond donors (Lipinski definition) is 14. The summed E-state index contributed by atoms with van der Waals surface area (Å²) in [4.78, 5) is 126. The molecule has 1 saturated heterocycles. The van der Waals surface area contributed by atoms with Crippen molar-refractivity contribution in [3.05, 3.63) is 35.9 Å². The molecule has 23 heteroatoms. The molecular formula is C52H91N13O10. The number of benzene rings is 1. The van der Waals surface area contributed by atoms with E-state index < -0.39 is 108 Å². The molecule has 1 fully saturated rings. The molecule has 0 radical (unpaired) electrons. The fourth-order valence-corrected chi connectivity index (χ4v) is 8.56. The lowest BCUT2D eigenvalue weighted by atomic mass is 10.00. The minimum Gasteiger partial charge on any atom is -0.393 e. The summed E-state index contributed by atoms with van der Waals surface area (Å²) in [5, 5.41) is 34.8. The topological polar surface area (TPSA) is 386 Å². The normalized spacial score (nSPS) is 22.9. The standard InChI is InChI=1S/C52H91N13O10/c1-6-7-8-9-13-16-35(66)31-44(67)58-37(19-24-53)47(70)63-41-23-28-57-45(68)42(29-32(2)3)64-50(73)40(22-27-56)60-49(72)39(21-26-55)62-52(75)43(30-33(4)5)65-46(69)36(18-17-34-14-11-10-12-15-34)59-48(71)38(20-25-54)61-51(41)74/h10-12,14-15,32-33,35-43,66H,6-9,13,16-31,53-56H2,1-5H3,(H,57,68)(H,58,67)(H,59,71)(H,60,72)(H,61,74)(H,62,75)(H,63,70)(H,64,73)(H,65,69)/t35-,36-,37-,38+,39+,40+,41+,42+,43+/m1/s1. The van der Waals surface area contributed by atoms with E-state index in [1.165, 1.54) is 0 Å². The zero-order valence-electron chi connectivity index (χ0n) is 45.0. The lowest BCUT2D eigenvalue weighted by Gasteiger charge is -2.28. The highest BCUT2D eigenvalue weighted by atomic mass is 16.3. The van der Waals surface area contributed by atoms with Crippen molar-refractivity contribution < 1.29 is 48.3 Å². The molecule has 1 aliphatic rings. The van der Waals surface area contributed by atoms with Crippen LogP contribution in [0.25, 0.3) is 0 Å². The van der Waals surface area contributed by atoms with Gasteiger partial charge in [0.1, 0.15) is 48.3 Å². The molecule has 0 saturated carbocycles. The third kappa shape index (κ3) is 25.6. The number of carbonyl (C=O) groups is 9. The first kappa shape index (κ1) is 65.4. The summed E-state index contributed by atoms with van der Waals surface area (Å²) < 4.78 is 0. The Labute approximate surface area is 443 Å². The lowest BCUT2D eigenvalue weighted by molar-refractivity contribution is -0.136. The molecule has 75 heavy (non-hydrogen) atoms. The van der Waals surface area contributed by atoms with Crippen LogP contribution in [-0.2, 0) is 49.6 Å². The monoisotopic (exact) mass is 1060 g/mol. The number of nitrogens with two attached hydrogens (primary N) is 4. The molecule has 0 aromatic heterocycles. The largest absolute Gasteiger partial charge is 0.393 e. The molecule has 0 aliphatic carbocycles. The summed E-state index contributed by atoms with van der Waals surface area (Å²) in [6, 6.07) is -1.08. The molecule has 2 rings (SSSR count). The maximum absolute atomic E-state index is 14.4. The molecule has 23 nitrogen and oxygen atoms in total. The van der Waals surface area contributed by atoms with Crippen LogP contribution in [0.1, 0.15) is 136 Å². The van der Waals surface area contributed by atoms with Gasteiger partial charge < -0.3 is 75.9 Å². The maximum Gasteiger partial charge on any atom is 0.243 e. The molecule has 0 unspecified atom stereocenters. The molecule has 424 valence electrons. The number of hydrogen-bond acceptors (Lipinski definition) is 14. The van der Waals surface area contributed by atoms with E-state index in [9.17, 15) is 48.3 Å². The zero-order chi connectivity index (χ0) is 55.9. The lowest BCUT2D eigenvalue weighted by Crippen LogP contribution is -2.60. The summed E-state index contributed by atoms with van der Waals surface area (Å²) in [7, 11) is 0. The van der Waals surface area contributed by atoms with E-state index >= 15 is 0 Å². The van der Waals surface area contributed by atoms with Crippen LogP contribution in [0.4, 0.5) is 0 Å². The van der Waals surface area contributed by atoms with Gasteiger partial charge in [0.15, 0.2) is 0 Å². The van der Waals surface area contributed by atoms with E-state index in [1.807, 2.05) is 58.0 Å². The van der Waals surface area contributed by atoms with Gasteiger partial charge in [-0.1, -0.05) is 97.1 Å². The van der Waals surface area contributed by atoms with Crippen molar-refractivity contribution in [2.24, 2.45) is 34.8 Å². The van der Waals surface area contributed by atoms with Crippen LogP contribution in [0.2, 0.25) is 0 Å². The van der Waals surface area contributed by atoms with Crippen LogP contribution in [0.15, 0.2) is 30.3 Å². The first-order valence-corrected chi connectivity index (χ1v) is 27.0. The molecule has 9 atom stereocenters. The van der Waals surface area contributed by atoms with Crippen molar-refractivity contribution in [2.75, 3.05) is 32.7 Å². The third-order valence-corrected chi connectivity index (χ3v) is 12.7. The maximum atomic E-state index is 14.4. The smallest absolute Gasteiger partial charge is 0.243 e. The molecular weight excluding hydrogens is 967 g/mol.